The molecule has 0 radical (unpaired) electrons. The van der Waals surface area contributed by atoms with Crippen molar-refractivity contribution in [3.63, 3.8) is 0 Å². The molecule has 0 unspecified atom stereocenters. The number of carboxylic acids is 1. The third-order valence-corrected chi connectivity index (χ3v) is 4.77. The molecule has 1 aromatic heterocycles. The van der Waals surface area contributed by atoms with Gasteiger partial charge < -0.3 is 19.7 Å². The lowest BCUT2D eigenvalue weighted by Crippen LogP contribution is -2.41. The highest BCUT2D eigenvalue weighted by Gasteiger charge is 2.30. The number of aryl methyl sites for hydroxylation is 1. The molecule has 0 atom stereocenters. The molecular weight excluding hydrogens is 348 g/mol. The second-order valence-corrected chi connectivity index (χ2v) is 6.53. The van der Waals surface area contributed by atoms with Crippen LogP contribution in [-0.4, -0.2) is 40.9 Å². The van der Waals surface area contributed by atoms with Crippen molar-refractivity contribution in [3.05, 3.63) is 53.5 Å². The predicted molar refractivity (Wildman–Crippen MR) is 98.7 cm³/mol. The summed E-state index contributed by atoms with van der Waals surface area (Å²) in [5, 5.41) is 12.1. The molecule has 1 saturated heterocycles. The Morgan fingerprint density at radius 1 is 1.19 bits per heavy atom. The maximum atomic E-state index is 12.6. The van der Waals surface area contributed by atoms with Gasteiger partial charge in [0.25, 0.3) is 5.91 Å². The summed E-state index contributed by atoms with van der Waals surface area (Å²) in [6.07, 6.45) is 1.51. The fraction of sp³-hybridized carbons (Fsp3) is 0.350. The number of carbonyl (C=O) groups is 3. The highest BCUT2D eigenvalue weighted by Crippen LogP contribution is 2.23. The molecule has 1 aliphatic rings. The minimum absolute atomic E-state index is 0.0259. The molecular formula is C20H22N2O5. The maximum absolute atomic E-state index is 12.6. The van der Waals surface area contributed by atoms with Crippen LogP contribution in [0.2, 0.25) is 0 Å². The number of furan rings is 1. The Labute approximate surface area is 157 Å². The van der Waals surface area contributed by atoms with Crippen molar-refractivity contribution in [1.29, 1.82) is 0 Å². The van der Waals surface area contributed by atoms with Gasteiger partial charge in [-0.25, -0.2) is 4.79 Å². The number of carbonyl (C=O) groups excluding carboxylic acids is 2. The van der Waals surface area contributed by atoms with E-state index in [0.717, 1.165) is 5.69 Å². The van der Waals surface area contributed by atoms with Gasteiger partial charge in [0.2, 0.25) is 5.91 Å². The quantitative estimate of drug-likeness (QED) is 0.843. The van der Waals surface area contributed by atoms with E-state index in [1.807, 2.05) is 30.3 Å². The smallest absolute Gasteiger partial charge is 0.339 e. The van der Waals surface area contributed by atoms with Gasteiger partial charge >= 0.3 is 5.97 Å². The molecule has 0 aliphatic carbocycles. The van der Waals surface area contributed by atoms with Crippen LogP contribution in [0.4, 0.5) is 5.69 Å². The molecule has 1 fully saturated rings. The molecule has 0 spiro atoms. The first-order valence-corrected chi connectivity index (χ1v) is 9.00. The number of benzene rings is 1. The number of carboxylic acid groups (broad SMARTS) is 1. The van der Waals surface area contributed by atoms with E-state index in [2.05, 4.69) is 5.32 Å². The number of piperidine rings is 1. The molecule has 27 heavy (non-hydrogen) atoms. The molecule has 2 N–H and O–H groups in total. The molecule has 1 aliphatic heterocycles. The first-order valence-electron chi connectivity index (χ1n) is 9.00. The van der Waals surface area contributed by atoms with Crippen molar-refractivity contribution in [2.24, 2.45) is 5.92 Å². The minimum atomic E-state index is -1.11. The standard InChI is InChI=1S/C20H22N2O5/c1-2-16-15(20(25)26)12-17(27-16)19(24)22-10-8-13(9-11-22)18(23)21-14-6-4-3-5-7-14/h3-7,12-13H,2,8-11H2,1H3,(H,21,23)(H,25,26). The summed E-state index contributed by atoms with van der Waals surface area (Å²) in [5.74, 6) is -1.32. The number of nitrogens with one attached hydrogen (secondary N) is 1. The lowest BCUT2D eigenvalue weighted by atomic mass is 9.95. The average Bonchev–Trinajstić information content (AvgIpc) is 3.13. The maximum Gasteiger partial charge on any atom is 0.339 e. The van der Waals surface area contributed by atoms with E-state index in [4.69, 9.17) is 4.42 Å². The van der Waals surface area contributed by atoms with Crippen molar-refractivity contribution in [2.75, 3.05) is 18.4 Å². The van der Waals surface area contributed by atoms with Crippen molar-refractivity contribution >= 4 is 23.5 Å². The van der Waals surface area contributed by atoms with E-state index in [1.54, 1.807) is 11.8 Å². The summed E-state index contributed by atoms with van der Waals surface area (Å²) in [7, 11) is 0. The van der Waals surface area contributed by atoms with E-state index in [9.17, 15) is 19.5 Å². The summed E-state index contributed by atoms with van der Waals surface area (Å²) < 4.78 is 5.44. The number of amides is 2. The molecule has 3 rings (SSSR count). The van der Waals surface area contributed by atoms with E-state index in [-0.39, 0.29) is 29.1 Å². The van der Waals surface area contributed by atoms with Crippen LogP contribution in [0.25, 0.3) is 0 Å². The zero-order valence-corrected chi connectivity index (χ0v) is 15.1. The van der Waals surface area contributed by atoms with Crippen molar-refractivity contribution < 1.29 is 23.9 Å². The molecule has 0 bridgehead atoms. The molecule has 1 aromatic carbocycles. The van der Waals surface area contributed by atoms with Crippen LogP contribution in [0.15, 0.2) is 40.8 Å². The zero-order valence-electron chi connectivity index (χ0n) is 15.1. The first kappa shape index (κ1) is 18.7. The molecule has 7 nitrogen and oxygen atoms in total. The summed E-state index contributed by atoms with van der Waals surface area (Å²) in [4.78, 5) is 37.8. The van der Waals surface area contributed by atoms with Gasteiger partial charge in [-0.2, -0.15) is 0 Å². The second-order valence-electron chi connectivity index (χ2n) is 6.53. The third kappa shape index (κ3) is 4.19. The zero-order chi connectivity index (χ0) is 19.4. The topological polar surface area (TPSA) is 99.9 Å². The Balaban J connectivity index is 1.59. The van der Waals surface area contributed by atoms with Crippen molar-refractivity contribution in [1.82, 2.24) is 4.90 Å². The minimum Gasteiger partial charge on any atom is -0.478 e. The van der Waals surface area contributed by atoms with Gasteiger partial charge in [0.05, 0.1) is 0 Å². The number of hydrogen-bond donors (Lipinski definition) is 2. The number of nitrogens with zero attached hydrogens (tertiary/aromatic N) is 1. The number of anilines is 1. The van der Waals surface area contributed by atoms with Gasteiger partial charge in [-0.3, -0.25) is 9.59 Å². The highest BCUT2D eigenvalue weighted by molar-refractivity contribution is 5.97. The number of para-hydroxylation sites is 1. The molecule has 142 valence electrons. The predicted octanol–water partition coefficient (Wildman–Crippen LogP) is 3.03. The lowest BCUT2D eigenvalue weighted by Gasteiger charge is -2.30. The Bertz CT molecular complexity index is 835. The van der Waals surface area contributed by atoms with Gasteiger partial charge in [-0.1, -0.05) is 25.1 Å². The van der Waals surface area contributed by atoms with Crippen LogP contribution in [0.5, 0.6) is 0 Å². The summed E-state index contributed by atoms with van der Waals surface area (Å²) in [5.41, 5.74) is 0.780. The number of likely N-dealkylation sites (tertiary alicyclic amines) is 1. The van der Waals surface area contributed by atoms with Crippen LogP contribution < -0.4 is 5.32 Å². The van der Waals surface area contributed by atoms with Crippen molar-refractivity contribution in [3.8, 4) is 0 Å². The van der Waals surface area contributed by atoms with Gasteiger partial charge in [0.15, 0.2) is 5.76 Å². The van der Waals surface area contributed by atoms with Gasteiger partial charge in [0.1, 0.15) is 11.3 Å². The highest BCUT2D eigenvalue weighted by atomic mass is 16.4. The number of aromatic carboxylic acids is 1. The Kier molecular flexibility index (Phi) is 5.59. The second kappa shape index (κ2) is 8.07. The summed E-state index contributed by atoms with van der Waals surface area (Å²) in [6, 6.07) is 10.6. The van der Waals surface area contributed by atoms with Crippen LogP contribution in [-0.2, 0) is 11.2 Å². The first-order chi connectivity index (χ1) is 13.0. The lowest BCUT2D eigenvalue weighted by molar-refractivity contribution is -0.121. The fourth-order valence-corrected chi connectivity index (χ4v) is 3.24. The van der Waals surface area contributed by atoms with Gasteiger partial charge in [0, 0.05) is 37.2 Å². The van der Waals surface area contributed by atoms with E-state index in [1.165, 1.54) is 6.07 Å². The van der Waals surface area contributed by atoms with E-state index in [0.29, 0.717) is 38.1 Å². The van der Waals surface area contributed by atoms with Gasteiger partial charge in [-0.05, 0) is 25.0 Å². The van der Waals surface area contributed by atoms with Gasteiger partial charge in [-0.15, -0.1) is 0 Å². The molecule has 2 amide bonds. The molecule has 2 heterocycles. The molecule has 0 saturated carbocycles. The average molecular weight is 370 g/mol. The summed E-state index contributed by atoms with van der Waals surface area (Å²) in [6.45, 7) is 2.63. The number of hydrogen-bond acceptors (Lipinski definition) is 4. The molecule has 2 aromatic rings. The van der Waals surface area contributed by atoms with Crippen LogP contribution >= 0.6 is 0 Å². The molecule has 7 heteroatoms. The fourth-order valence-electron chi connectivity index (χ4n) is 3.24. The Morgan fingerprint density at radius 2 is 1.85 bits per heavy atom. The number of rotatable bonds is 5. The summed E-state index contributed by atoms with van der Waals surface area (Å²) >= 11 is 0. The monoisotopic (exact) mass is 370 g/mol. The van der Waals surface area contributed by atoms with Crippen LogP contribution in [0, 0.1) is 5.92 Å². The largest absolute Gasteiger partial charge is 0.478 e. The normalized spacial score (nSPS) is 14.8. The Hall–Kier alpha value is -3.09. The van der Waals surface area contributed by atoms with Crippen LogP contribution in [0.3, 0.4) is 0 Å². The van der Waals surface area contributed by atoms with Crippen LogP contribution in [0.1, 0.15) is 46.4 Å². The third-order valence-electron chi connectivity index (χ3n) is 4.77. The SMILES string of the molecule is CCc1oc(C(=O)N2CCC(C(=O)Nc3ccccc3)CC2)cc1C(=O)O. The van der Waals surface area contributed by atoms with Crippen molar-refractivity contribution in [2.45, 2.75) is 26.2 Å². The van der Waals surface area contributed by atoms with E-state index >= 15 is 0 Å². The van der Waals surface area contributed by atoms with E-state index < -0.39 is 5.97 Å². The Morgan fingerprint density at radius 3 is 2.41 bits per heavy atom.